The molecular formula is C19H20N4O6S3. The van der Waals surface area contributed by atoms with E-state index in [1.165, 1.54) is 16.4 Å². The fraction of sp³-hybridized carbons (Fsp3) is 0.316. The lowest BCUT2D eigenvalue weighted by atomic mass is 9.97. The molecule has 170 valence electrons. The zero-order valence-corrected chi connectivity index (χ0v) is 19.2. The highest BCUT2D eigenvalue weighted by Gasteiger charge is 2.33. The minimum atomic E-state index is -3.66. The fourth-order valence-electron chi connectivity index (χ4n) is 3.34. The van der Waals surface area contributed by atoms with Crippen molar-refractivity contribution in [2.24, 2.45) is 5.92 Å². The van der Waals surface area contributed by atoms with Gasteiger partial charge in [-0.1, -0.05) is 29.4 Å². The SMILES string of the molecule is O=C(Nc1nnc(CS(=O)(=O)c2ccccc2)o1)C1CCN(S(=O)(=O)c2cccs2)CC1. The molecule has 0 bridgehead atoms. The van der Waals surface area contributed by atoms with E-state index < -0.39 is 31.5 Å². The molecule has 1 saturated heterocycles. The smallest absolute Gasteiger partial charge is 0.322 e. The quantitative estimate of drug-likeness (QED) is 0.525. The lowest BCUT2D eigenvalue weighted by Crippen LogP contribution is -2.41. The fourth-order valence-corrected chi connectivity index (χ4v) is 7.13. The molecular weight excluding hydrogens is 476 g/mol. The van der Waals surface area contributed by atoms with Crippen LogP contribution in [-0.2, 0) is 30.4 Å². The van der Waals surface area contributed by atoms with Crippen molar-refractivity contribution in [2.75, 3.05) is 18.4 Å². The number of amides is 1. The standard InChI is InChI=1S/C19H20N4O6S3/c24-18(14-8-10-23(11-9-14)32(27,28)17-7-4-12-30-17)20-19-22-21-16(29-19)13-31(25,26)15-5-2-1-3-6-15/h1-7,12,14H,8-11,13H2,(H,20,22,24). The largest absolute Gasteiger partial charge is 0.407 e. The maximum atomic E-state index is 12.6. The van der Waals surface area contributed by atoms with Gasteiger partial charge >= 0.3 is 6.01 Å². The zero-order valence-electron chi connectivity index (χ0n) is 16.7. The average molecular weight is 497 g/mol. The van der Waals surface area contributed by atoms with Crippen molar-refractivity contribution in [2.45, 2.75) is 27.7 Å². The molecule has 13 heteroatoms. The Morgan fingerprint density at radius 2 is 1.78 bits per heavy atom. The van der Waals surface area contributed by atoms with Crippen LogP contribution in [0.1, 0.15) is 18.7 Å². The number of sulfone groups is 1. The summed E-state index contributed by atoms with van der Waals surface area (Å²) in [4.78, 5) is 12.7. The van der Waals surface area contributed by atoms with Crippen molar-refractivity contribution >= 4 is 43.1 Å². The second-order valence-corrected chi connectivity index (χ2v) is 12.3. The van der Waals surface area contributed by atoms with Gasteiger partial charge in [0.05, 0.1) is 4.90 Å². The third kappa shape index (κ3) is 4.90. The Morgan fingerprint density at radius 3 is 2.44 bits per heavy atom. The molecule has 2 aromatic heterocycles. The Hall–Kier alpha value is -2.61. The van der Waals surface area contributed by atoms with E-state index in [9.17, 15) is 21.6 Å². The zero-order chi connectivity index (χ0) is 22.8. The van der Waals surface area contributed by atoms with Gasteiger partial charge in [-0.3, -0.25) is 10.1 Å². The Kier molecular flexibility index (Phi) is 6.42. The van der Waals surface area contributed by atoms with Gasteiger partial charge in [0.25, 0.3) is 10.0 Å². The van der Waals surface area contributed by atoms with Crippen LogP contribution in [0.4, 0.5) is 6.01 Å². The lowest BCUT2D eigenvalue weighted by molar-refractivity contribution is -0.121. The lowest BCUT2D eigenvalue weighted by Gasteiger charge is -2.29. The van der Waals surface area contributed by atoms with Crippen LogP contribution in [0.25, 0.3) is 0 Å². The van der Waals surface area contributed by atoms with Crippen LogP contribution in [0.15, 0.2) is 61.4 Å². The van der Waals surface area contributed by atoms with Crippen molar-refractivity contribution in [1.29, 1.82) is 0 Å². The predicted octanol–water partition coefficient (Wildman–Crippen LogP) is 2.14. The van der Waals surface area contributed by atoms with E-state index >= 15 is 0 Å². The van der Waals surface area contributed by atoms with Crippen LogP contribution >= 0.6 is 11.3 Å². The van der Waals surface area contributed by atoms with E-state index in [1.54, 1.807) is 35.7 Å². The van der Waals surface area contributed by atoms with Crippen LogP contribution in [0.5, 0.6) is 0 Å². The summed E-state index contributed by atoms with van der Waals surface area (Å²) < 4.78 is 56.9. The van der Waals surface area contributed by atoms with Crippen LogP contribution in [0, 0.1) is 5.92 Å². The first-order chi connectivity index (χ1) is 15.3. The molecule has 0 radical (unpaired) electrons. The number of rotatable bonds is 7. The van der Waals surface area contributed by atoms with Gasteiger partial charge in [-0.05, 0) is 36.4 Å². The van der Waals surface area contributed by atoms with Crippen molar-refractivity contribution in [1.82, 2.24) is 14.5 Å². The number of hydrogen-bond acceptors (Lipinski definition) is 9. The van der Waals surface area contributed by atoms with E-state index in [0.29, 0.717) is 12.8 Å². The summed E-state index contributed by atoms with van der Waals surface area (Å²) in [5.41, 5.74) is 0. The van der Waals surface area contributed by atoms with Gasteiger partial charge in [-0.15, -0.1) is 16.4 Å². The summed E-state index contributed by atoms with van der Waals surface area (Å²) in [6.07, 6.45) is 0.694. The molecule has 0 atom stereocenters. The summed E-state index contributed by atoms with van der Waals surface area (Å²) in [6, 6.07) is 10.9. The molecule has 0 unspecified atom stereocenters. The first-order valence-corrected chi connectivity index (χ1v) is 13.7. The minimum absolute atomic E-state index is 0.132. The van der Waals surface area contributed by atoms with Crippen LogP contribution in [0.3, 0.4) is 0 Å². The van der Waals surface area contributed by atoms with E-state index in [-0.39, 0.29) is 40.0 Å². The molecule has 3 heterocycles. The molecule has 0 spiro atoms. The third-order valence-electron chi connectivity index (χ3n) is 5.03. The second-order valence-electron chi connectivity index (χ2n) is 7.17. The molecule has 4 rings (SSSR count). The monoisotopic (exact) mass is 496 g/mol. The summed E-state index contributed by atoms with van der Waals surface area (Å²) in [7, 11) is -7.20. The number of nitrogens with zero attached hydrogens (tertiary/aromatic N) is 3. The molecule has 10 nitrogen and oxygen atoms in total. The highest BCUT2D eigenvalue weighted by Crippen LogP contribution is 2.27. The first kappa shape index (κ1) is 22.6. The minimum Gasteiger partial charge on any atom is -0.407 e. The Bertz CT molecular complexity index is 1280. The van der Waals surface area contributed by atoms with E-state index in [1.807, 2.05) is 0 Å². The highest BCUT2D eigenvalue weighted by molar-refractivity contribution is 7.91. The molecule has 0 aliphatic carbocycles. The van der Waals surface area contributed by atoms with Crippen LogP contribution in [-0.4, -0.2) is 50.3 Å². The summed E-state index contributed by atoms with van der Waals surface area (Å²) in [6.45, 7) is 0.450. The Balaban J connectivity index is 1.33. The molecule has 1 aliphatic heterocycles. The number of carbonyl (C=O) groups excluding carboxylic acids is 1. The number of thiophene rings is 1. The maximum absolute atomic E-state index is 12.6. The highest BCUT2D eigenvalue weighted by atomic mass is 32.2. The molecule has 32 heavy (non-hydrogen) atoms. The van der Waals surface area contributed by atoms with Crippen molar-refractivity contribution in [3.05, 3.63) is 53.7 Å². The van der Waals surface area contributed by atoms with Gasteiger partial charge in [0, 0.05) is 19.0 Å². The van der Waals surface area contributed by atoms with Crippen LogP contribution in [0.2, 0.25) is 0 Å². The number of piperidine rings is 1. The van der Waals surface area contributed by atoms with E-state index in [4.69, 9.17) is 4.42 Å². The number of anilines is 1. The predicted molar refractivity (Wildman–Crippen MR) is 116 cm³/mol. The number of hydrogen-bond donors (Lipinski definition) is 1. The summed E-state index contributed by atoms with van der Waals surface area (Å²) >= 11 is 1.16. The van der Waals surface area contributed by atoms with Gasteiger partial charge in [-0.25, -0.2) is 16.8 Å². The van der Waals surface area contributed by atoms with Gasteiger partial charge < -0.3 is 4.42 Å². The summed E-state index contributed by atoms with van der Waals surface area (Å²) in [5.74, 6) is -1.42. The third-order valence-corrected chi connectivity index (χ3v) is 9.92. The molecule has 1 aromatic carbocycles. The first-order valence-electron chi connectivity index (χ1n) is 9.70. The molecule has 1 aliphatic rings. The van der Waals surface area contributed by atoms with Gasteiger partial charge in [0.15, 0.2) is 9.84 Å². The molecule has 3 aromatic rings. The van der Waals surface area contributed by atoms with Crippen molar-refractivity contribution < 1.29 is 26.0 Å². The van der Waals surface area contributed by atoms with Gasteiger partial charge in [-0.2, -0.15) is 4.31 Å². The molecule has 1 N–H and O–H groups in total. The van der Waals surface area contributed by atoms with Crippen molar-refractivity contribution in [3.8, 4) is 0 Å². The van der Waals surface area contributed by atoms with E-state index in [2.05, 4.69) is 15.5 Å². The van der Waals surface area contributed by atoms with Crippen molar-refractivity contribution in [3.63, 3.8) is 0 Å². The van der Waals surface area contributed by atoms with Crippen LogP contribution < -0.4 is 5.32 Å². The Labute approximate surface area is 189 Å². The maximum Gasteiger partial charge on any atom is 0.322 e. The number of sulfonamides is 1. The second kappa shape index (κ2) is 9.10. The average Bonchev–Trinajstić information content (AvgIpc) is 3.47. The number of carbonyl (C=O) groups is 1. The molecule has 0 saturated carbocycles. The number of nitrogens with one attached hydrogen (secondary N) is 1. The number of aromatic nitrogens is 2. The normalized spacial score (nSPS) is 16.1. The summed E-state index contributed by atoms with van der Waals surface area (Å²) in [5, 5.41) is 11.6. The van der Waals surface area contributed by atoms with E-state index in [0.717, 1.165) is 11.3 Å². The van der Waals surface area contributed by atoms with Gasteiger partial charge in [0.2, 0.25) is 11.8 Å². The topological polar surface area (TPSA) is 140 Å². The number of benzene rings is 1. The van der Waals surface area contributed by atoms with Gasteiger partial charge in [0.1, 0.15) is 9.96 Å². The Morgan fingerprint density at radius 1 is 1.06 bits per heavy atom. The molecule has 1 fully saturated rings. The molecule has 1 amide bonds.